The van der Waals surface area contributed by atoms with Crippen molar-refractivity contribution in [2.24, 2.45) is 7.05 Å². The smallest absolute Gasteiger partial charge is 0.292 e. The number of ether oxygens (including phenoxy) is 1. The Labute approximate surface area is 140 Å². The van der Waals surface area contributed by atoms with Crippen molar-refractivity contribution >= 4 is 11.7 Å². The Hall–Kier alpha value is -3.02. The molecule has 0 atom stereocenters. The van der Waals surface area contributed by atoms with E-state index in [1.807, 2.05) is 26.0 Å². The quantitative estimate of drug-likeness (QED) is 0.780. The average Bonchev–Trinajstić information content (AvgIpc) is 3.13. The standard InChI is InChI=1S/C18H19N3O3/c1-12-8-13(2)10-15(9-12)23-11-14-4-5-16(24-14)18(22)19-17-6-7-21(3)20-17/h4-10H,11H2,1-3H3,(H,19,20,22). The van der Waals surface area contributed by atoms with E-state index in [2.05, 4.69) is 16.5 Å². The molecule has 2 aromatic heterocycles. The SMILES string of the molecule is Cc1cc(C)cc(OCc2ccc(C(=O)Nc3ccn(C)n3)o2)c1. The number of aryl methyl sites for hydroxylation is 3. The van der Waals surface area contributed by atoms with Gasteiger partial charge in [0.25, 0.3) is 5.91 Å². The number of furan rings is 1. The second kappa shape index (κ2) is 6.62. The summed E-state index contributed by atoms with van der Waals surface area (Å²) in [6, 6.07) is 11.1. The normalized spacial score (nSPS) is 10.6. The number of amides is 1. The Bertz CT molecular complexity index is 844. The Morgan fingerprint density at radius 1 is 1.21 bits per heavy atom. The number of hydrogen-bond donors (Lipinski definition) is 1. The summed E-state index contributed by atoms with van der Waals surface area (Å²) in [6.45, 7) is 4.30. The molecule has 0 radical (unpaired) electrons. The summed E-state index contributed by atoms with van der Waals surface area (Å²) < 4.78 is 12.9. The van der Waals surface area contributed by atoms with Crippen molar-refractivity contribution in [2.75, 3.05) is 5.32 Å². The second-order valence-corrected chi connectivity index (χ2v) is 5.71. The van der Waals surface area contributed by atoms with Crippen LogP contribution in [0.5, 0.6) is 5.75 Å². The van der Waals surface area contributed by atoms with Gasteiger partial charge < -0.3 is 14.5 Å². The Balaban J connectivity index is 1.61. The van der Waals surface area contributed by atoms with E-state index in [0.29, 0.717) is 11.6 Å². The molecule has 0 saturated carbocycles. The summed E-state index contributed by atoms with van der Waals surface area (Å²) in [5.74, 6) is 1.72. The van der Waals surface area contributed by atoms with Gasteiger partial charge >= 0.3 is 0 Å². The van der Waals surface area contributed by atoms with E-state index in [4.69, 9.17) is 9.15 Å². The molecular formula is C18H19N3O3. The van der Waals surface area contributed by atoms with Gasteiger partial charge in [-0.15, -0.1) is 0 Å². The summed E-state index contributed by atoms with van der Waals surface area (Å²) in [4.78, 5) is 12.1. The van der Waals surface area contributed by atoms with Crippen LogP contribution in [0.4, 0.5) is 5.82 Å². The Kier molecular flexibility index (Phi) is 4.37. The highest BCUT2D eigenvalue weighted by atomic mass is 16.5. The maximum atomic E-state index is 12.1. The van der Waals surface area contributed by atoms with Crippen molar-refractivity contribution in [3.8, 4) is 5.75 Å². The van der Waals surface area contributed by atoms with Crippen molar-refractivity contribution < 1.29 is 13.9 Å². The van der Waals surface area contributed by atoms with Crippen LogP contribution in [0.1, 0.15) is 27.4 Å². The third-order valence-electron chi connectivity index (χ3n) is 3.42. The highest BCUT2D eigenvalue weighted by Gasteiger charge is 2.13. The minimum absolute atomic E-state index is 0.222. The lowest BCUT2D eigenvalue weighted by Gasteiger charge is -2.06. The summed E-state index contributed by atoms with van der Waals surface area (Å²) >= 11 is 0. The summed E-state index contributed by atoms with van der Waals surface area (Å²) in [7, 11) is 1.78. The zero-order chi connectivity index (χ0) is 17.1. The van der Waals surface area contributed by atoms with Gasteiger partial charge in [-0.1, -0.05) is 6.07 Å². The van der Waals surface area contributed by atoms with Crippen molar-refractivity contribution in [1.82, 2.24) is 9.78 Å². The first kappa shape index (κ1) is 15.9. The Morgan fingerprint density at radius 2 is 1.96 bits per heavy atom. The van der Waals surface area contributed by atoms with Crippen molar-refractivity contribution in [2.45, 2.75) is 20.5 Å². The van der Waals surface area contributed by atoms with Gasteiger partial charge in [-0.2, -0.15) is 5.10 Å². The lowest BCUT2D eigenvalue weighted by atomic mass is 10.1. The van der Waals surface area contributed by atoms with Gasteiger partial charge in [0.15, 0.2) is 11.6 Å². The number of nitrogens with one attached hydrogen (secondary N) is 1. The molecule has 0 aliphatic heterocycles. The van der Waals surface area contributed by atoms with E-state index >= 15 is 0 Å². The van der Waals surface area contributed by atoms with E-state index in [-0.39, 0.29) is 18.3 Å². The predicted molar refractivity (Wildman–Crippen MR) is 90.1 cm³/mol. The highest BCUT2D eigenvalue weighted by Crippen LogP contribution is 2.18. The first-order valence-corrected chi connectivity index (χ1v) is 7.60. The molecule has 1 N–H and O–H groups in total. The van der Waals surface area contributed by atoms with E-state index in [9.17, 15) is 4.79 Å². The van der Waals surface area contributed by atoms with Crippen LogP contribution in [0.2, 0.25) is 0 Å². The van der Waals surface area contributed by atoms with Crippen LogP contribution in [0.15, 0.2) is 47.0 Å². The van der Waals surface area contributed by atoms with Gasteiger partial charge in [0, 0.05) is 19.3 Å². The zero-order valence-corrected chi connectivity index (χ0v) is 13.9. The molecule has 0 saturated heterocycles. The highest BCUT2D eigenvalue weighted by molar-refractivity contribution is 6.01. The number of hydrogen-bond acceptors (Lipinski definition) is 4. The zero-order valence-electron chi connectivity index (χ0n) is 13.9. The number of anilines is 1. The molecule has 0 spiro atoms. The number of benzene rings is 1. The third kappa shape index (κ3) is 3.84. The van der Waals surface area contributed by atoms with Crippen LogP contribution in [0.25, 0.3) is 0 Å². The van der Waals surface area contributed by atoms with E-state index < -0.39 is 0 Å². The topological polar surface area (TPSA) is 69.3 Å². The van der Waals surface area contributed by atoms with Crippen LogP contribution >= 0.6 is 0 Å². The van der Waals surface area contributed by atoms with Crippen molar-refractivity contribution in [1.29, 1.82) is 0 Å². The van der Waals surface area contributed by atoms with Crippen molar-refractivity contribution in [3.05, 3.63) is 65.2 Å². The van der Waals surface area contributed by atoms with Gasteiger partial charge in [-0.3, -0.25) is 9.48 Å². The summed E-state index contributed by atoms with van der Waals surface area (Å²) in [5, 5.41) is 6.77. The van der Waals surface area contributed by atoms with Crippen LogP contribution in [0.3, 0.4) is 0 Å². The lowest BCUT2D eigenvalue weighted by molar-refractivity contribution is 0.0992. The number of nitrogens with zero attached hydrogens (tertiary/aromatic N) is 2. The van der Waals surface area contributed by atoms with Gasteiger partial charge in [-0.05, 0) is 49.2 Å². The largest absolute Gasteiger partial charge is 0.486 e. The monoisotopic (exact) mass is 325 g/mol. The molecule has 2 heterocycles. The lowest BCUT2D eigenvalue weighted by Crippen LogP contribution is -2.11. The van der Waals surface area contributed by atoms with E-state index in [1.54, 1.807) is 36.1 Å². The number of carbonyl (C=O) groups is 1. The first-order valence-electron chi connectivity index (χ1n) is 7.60. The molecule has 0 aliphatic rings. The van der Waals surface area contributed by atoms with Crippen molar-refractivity contribution in [3.63, 3.8) is 0 Å². The van der Waals surface area contributed by atoms with Gasteiger partial charge in [0.05, 0.1) is 0 Å². The predicted octanol–water partition coefficient (Wildman–Crippen LogP) is 3.46. The molecule has 1 aromatic carbocycles. The molecule has 0 aliphatic carbocycles. The molecule has 6 nitrogen and oxygen atoms in total. The average molecular weight is 325 g/mol. The van der Waals surface area contributed by atoms with E-state index in [1.165, 1.54) is 0 Å². The first-order chi connectivity index (χ1) is 11.5. The van der Waals surface area contributed by atoms with Crippen LogP contribution in [0, 0.1) is 13.8 Å². The van der Waals surface area contributed by atoms with Gasteiger partial charge in [-0.25, -0.2) is 0 Å². The third-order valence-corrected chi connectivity index (χ3v) is 3.42. The fourth-order valence-electron chi connectivity index (χ4n) is 2.41. The van der Waals surface area contributed by atoms with Gasteiger partial charge in [0.2, 0.25) is 0 Å². The fraction of sp³-hybridized carbons (Fsp3) is 0.222. The molecule has 24 heavy (non-hydrogen) atoms. The molecule has 0 bridgehead atoms. The van der Waals surface area contributed by atoms with Gasteiger partial charge in [0.1, 0.15) is 18.1 Å². The summed E-state index contributed by atoms with van der Waals surface area (Å²) in [5.41, 5.74) is 2.28. The minimum atomic E-state index is -0.341. The second-order valence-electron chi connectivity index (χ2n) is 5.71. The fourth-order valence-corrected chi connectivity index (χ4v) is 2.41. The van der Waals surface area contributed by atoms with Crippen LogP contribution < -0.4 is 10.1 Å². The van der Waals surface area contributed by atoms with Crippen LogP contribution in [-0.2, 0) is 13.7 Å². The number of carbonyl (C=O) groups excluding carboxylic acids is 1. The molecule has 6 heteroatoms. The van der Waals surface area contributed by atoms with Crippen LogP contribution in [-0.4, -0.2) is 15.7 Å². The molecular weight excluding hydrogens is 306 g/mol. The number of aromatic nitrogens is 2. The minimum Gasteiger partial charge on any atom is -0.486 e. The Morgan fingerprint density at radius 3 is 2.62 bits per heavy atom. The maximum absolute atomic E-state index is 12.1. The molecule has 1 amide bonds. The van der Waals surface area contributed by atoms with E-state index in [0.717, 1.165) is 16.9 Å². The molecule has 0 unspecified atom stereocenters. The molecule has 3 aromatic rings. The molecule has 3 rings (SSSR count). The maximum Gasteiger partial charge on any atom is 0.292 e. The summed E-state index contributed by atoms with van der Waals surface area (Å²) in [6.07, 6.45) is 1.75. The number of rotatable bonds is 5. The molecule has 0 fully saturated rings. The molecule has 124 valence electrons.